The van der Waals surface area contributed by atoms with Gasteiger partial charge in [-0.3, -0.25) is 14.4 Å². The van der Waals surface area contributed by atoms with Crippen LogP contribution in [0.2, 0.25) is 0 Å². The average Bonchev–Trinajstić information content (AvgIpc) is 3.00. The van der Waals surface area contributed by atoms with E-state index in [0.29, 0.717) is 19.3 Å². The highest BCUT2D eigenvalue weighted by Crippen LogP contribution is 2.83. The number of aliphatic hydroxyl groups excluding tert-OH is 1. The highest BCUT2D eigenvalue weighted by atomic mass is 16.6. The van der Waals surface area contributed by atoms with Crippen molar-refractivity contribution in [3.63, 3.8) is 0 Å². The standard InChI is InChI=1S/C25H30O8/c1-22(2)17(23(3)18(32-22)10-19(28)33-23)9-14(26)8-15-16(27)4-6-24-12-25(15,24)21(29)31-20(24)13-5-7-30-11-13/h5,7,11,15,17-18,20-21,29H,4,6,8-10,12H2,1-3H3. The van der Waals surface area contributed by atoms with Crippen LogP contribution in [0.25, 0.3) is 0 Å². The van der Waals surface area contributed by atoms with E-state index < -0.39 is 28.8 Å². The van der Waals surface area contributed by atoms with Crippen LogP contribution in [0.3, 0.4) is 0 Å². The Morgan fingerprint density at radius 2 is 2.00 bits per heavy atom. The number of rotatable bonds is 5. The zero-order valence-electron chi connectivity index (χ0n) is 19.2. The summed E-state index contributed by atoms with van der Waals surface area (Å²) in [4.78, 5) is 38.4. The predicted octanol–water partition coefficient (Wildman–Crippen LogP) is 2.87. The van der Waals surface area contributed by atoms with E-state index in [0.717, 1.165) is 5.56 Å². The molecule has 8 heteroatoms. The van der Waals surface area contributed by atoms with Gasteiger partial charge in [0.25, 0.3) is 0 Å². The van der Waals surface area contributed by atoms with Gasteiger partial charge in [-0.2, -0.15) is 0 Å². The molecular formula is C25H30O8. The first kappa shape index (κ1) is 21.5. The lowest BCUT2D eigenvalue weighted by molar-refractivity contribution is -0.157. The lowest BCUT2D eigenvalue weighted by atomic mass is 9.67. The molecule has 4 heterocycles. The third-order valence-corrected chi connectivity index (χ3v) is 9.46. The molecule has 0 amide bonds. The number of carbonyl (C=O) groups is 3. The minimum absolute atomic E-state index is 0.0188. The Labute approximate surface area is 191 Å². The smallest absolute Gasteiger partial charge is 0.309 e. The van der Waals surface area contributed by atoms with Crippen molar-refractivity contribution in [1.82, 2.24) is 0 Å². The molecule has 1 aromatic heterocycles. The Hall–Kier alpha value is -2.03. The topological polar surface area (TPSA) is 112 Å². The predicted molar refractivity (Wildman–Crippen MR) is 112 cm³/mol. The number of ether oxygens (including phenoxy) is 3. The second-order valence-corrected chi connectivity index (χ2v) is 11.4. The van der Waals surface area contributed by atoms with Gasteiger partial charge in [0.05, 0.1) is 30.7 Å². The molecule has 8 unspecified atom stereocenters. The summed E-state index contributed by atoms with van der Waals surface area (Å²) >= 11 is 0. The first-order valence-electron chi connectivity index (χ1n) is 11.8. The molecule has 1 N–H and O–H groups in total. The number of aliphatic hydroxyl groups is 1. The zero-order valence-corrected chi connectivity index (χ0v) is 19.2. The quantitative estimate of drug-likeness (QED) is 0.671. The number of hydrogen-bond acceptors (Lipinski definition) is 8. The maximum Gasteiger partial charge on any atom is 0.309 e. The van der Waals surface area contributed by atoms with Crippen molar-refractivity contribution in [2.75, 3.05) is 0 Å². The van der Waals surface area contributed by atoms with E-state index in [1.807, 2.05) is 26.8 Å². The average molecular weight is 459 g/mol. The second kappa shape index (κ2) is 6.55. The Bertz CT molecular complexity index is 1030. The monoisotopic (exact) mass is 458 g/mol. The molecule has 3 aliphatic heterocycles. The van der Waals surface area contributed by atoms with Crippen LogP contribution in [-0.2, 0) is 28.6 Å². The third-order valence-electron chi connectivity index (χ3n) is 9.46. The van der Waals surface area contributed by atoms with Crippen LogP contribution >= 0.6 is 0 Å². The summed E-state index contributed by atoms with van der Waals surface area (Å²) < 4.78 is 22.9. The maximum atomic E-state index is 13.4. The molecule has 33 heavy (non-hydrogen) atoms. The number of furan rings is 1. The lowest BCUT2D eigenvalue weighted by Crippen LogP contribution is -2.45. The van der Waals surface area contributed by atoms with Gasteiger partial charge >= 0.3 is 5.97 Å². The molecule has 8 nitrogen and oxygen atoms in total. The summed E-state index contributed by atoms with van der Waals surface area (Å²) in [5, 5.41) is 11.0. The first-order valence-corrected chi connectivity index (χ1v) is 11.8. The third kappa shape index (κ3) is 2.66. The van der Waals surface area contributed by atoms with Gasteiger partial charge < -0.3 is 23.7 Å². The fraction of sp³-hybridized carbons (Fsp3) is 0.720. The second-order valence-electron chi connectivity index (χ2n) is 11.4. The minimum Gasteiger partial charge on any atom is -0.472 e. The number of fused-ring (bicyclic) bond motifs is 1. The summed E-state index contributed by atoms with van der Waals surface area (Å²) in [6.45, 7) is 5.68. The zero-order chi connectivity index (χ0) is 23.4. The Balaban J connectivity index is 1.24. The van der Waals surface area contributed by atoms with Gasteiger partial charge in [0.15, 0.2) is 6.29 Å². The van der Waals surface area contributed by atoms with Crippen LogP contribution in [0.5, 0.6) is 0 Å². The van der Waals surface area contributed by atoms with Gasteiger partial charge in [0.2, 0.25) is 0 Å². The number of esters is 1. The van der Waals surface area contributed by atoms with Crippen molar-refractivity contribution in [3.8, 4) is 0 Å². The fourth-order valence-electron chi connectivity index (χ4n) is 7.84. The largest absolute Gasteiger partial charge is 0.472 e. The summed E-state index contributed by atoms with van der Waals surface area (Å²) in [6.07, 6.45) is 3.48. The normalized spacial score (nSPS) is 47.1. The van der Waals surface area contributed by atoms with Crippen molar-refractivity contribution < 1.29 is 38.1 Å². The van der Waals surface area contributed by atoms with Crippen LogP contribution in [0.1, 0.15) is 71.0 Å². The van der Waals surface area contributed by atoms with E-state index in [-0.39, 0.29) is 60.3 Å². The summed E-state index contributed by atoms with van der Waals surface area (Å²) in [6, 6.07) is 1.83. The molecule has 1 aromatic rings. The summed E-state index contributed by atoms with van der Waals surface area (Å²) in [5.74, 6) is -1.25. The van der Waals surface area contributed by atoms with Crippen LogP contribution in [0, 0.1) is 22.7 Å². The number of Topliss-reactive ketones (excluding diaryl/α,β-unsaturated/α-hetero) is 2. The van der Waals surface area contributed by atoms with E-state index in [4.69, 9.17) is 18.6 Å². The van der Waals surface area contributed by atoms with Crippen LogP contribution < -0.4 is 0 Å². The van der Waals surface area contributed by atoms with Crippen molar-refractivity contribution in [2.45, 2.75) is 89.0 Å². The molecule has 3 saturated heterocycles. The van der Waals surface area contributed by atoms with Crippen molar-refractivity contribution in [3.05, 3.63) is 24.2 Å². The van der Waals surface area contributed by atoms with Gasteiger partial charge in [-0.05, 0) is 39.7 Å². The van der Waals surface area contributed by atoms with E-state index >= 15 is 0 Å². The molecule has 0 aromatic carbocycles. The van der Waals surface area contributed by atoms with Gasteiger partial charge in [-0.1, -0.05) is 0 Å². The van der Waals surface area contributed by atoms with Crippen LogP contribution in [0.15, 0.2) is 23.0 Å². The summed E-state index contributed by atoms with van der Waals surface area (Å²) in [5.41, 5.74) is -1.69. The first-order chi connectivity index (χ1) is 15.5. The maximum absolute atomic E-state index is 13.4. The van der Waals surface area contributed by atoms with Crippen molar-refractivity contribution in [2.24, 2.45) is 22.7 Å². The molecule has 5 fully saturated rings. The molecule has 178 valence electrons. The minimum atomic E-state index is -1.09. The Kier molecular flexibility index (Phi) is 4.27. The van der Waals surface area contributed by atoms with Gasteiger partial charge in [0, 0.05) is 47.5 Å². The van der Waals surface area contributed by atoms with E-state index in [9.17, 15) is 19.5 Å². The Morgan fingerprint density at radius 1 is 1.21 bits per heavy atom. The number of carbonyl (C=O) groups excluding carboxylic acids is 3. The van der Waals surface area contributed by atoms with Gasteiger partial charge in [-0.15, -0.1) is 0 Å². The molecule has 2 saturated carbocycles. The molecule has 0 radical (unpaired) electrons. The fourth-order valence-corrected chi connectivity index (χ4v) is 7.84. The molecule has 5 aliphatic rings. The van der Waals surface area contributed by atoms with E-state index in [2.05, 4.69) is 0 Å². The highest BCUT2D eigenvalue weighted by Gasteiger charge is 2.84. The Morgan fingerprint density at radius 3 is 2.73 bits per heavy atom. The van der Waals surface area contributed by atoms with E-state index in [1.165, 1.54) is 0 Å². The highest BCUT2D eigenvalue weighted by molar-refractivity contribution is 5.90. The lowest BCUT2D eigenvalue weighted by Gasteiger charge is -2.35. The molecule has 6 rings (SSSR count). The number of hydrogen-bond donors (Lipinski definition) is 1. The van der Waals surface area contributed by atoms with Gasteiger partial charge in [-0.25, -0.2) is 0 Å². The number of ketones is 2. The summed E-state index contributed by atoms with van der Waals surface area (Å²) in [7, 11) is 0. The van der Waals surface area contributed by atoms with Crippen molar-refractivity contribution >= 4 is 17.5 Å². The van der Waals surface area contributed by atoms with Crippen molar-refractivity contribution in [1.29, 1.82) is 0 Å². The van der Waals surface area contributed by atoms with E-state index in [1.54, 1.807) is 12.5 Å². The van der Waals surface area contributed by atoms with Gasteiger partial charge in [0.1, 0.15) is 23.3 Å². The SMILES string of the molecule is CC1(C)OC2CC(=O)OC2(C)C1CC(=O)CC1C(=O)CCC23CC12C(O)OC3c1ccoc1. The molecular weight excluding hydrogens is 428 g/mol. The van der Waals surface area contributed by atoms with Crippen LogP contribution in [-0.4, -0.2) is 46.2 Å². The molecule has 0 bridgehead atoms. The molecule has 8 atom stereocenters. The molecule has 2 aliphatic carbocycles. The molecule has 0 spiro atoms. The van der Waals surface area contributed by atoms with Crippen LogP contribution in [0.4, 0.5) is 0 Å².